The second-order valence-electron chi connectivity index (χ2n) is 7.21. The smallest absolute Gasteiger partial charge is 0.215 e. The van der Waals surface area contributed by atoms with Crippen LogP contribution in [0.25, 0.3) is 22.2 Å². The maximum atomic E-state index is 15.0. The molecule has 1 aliphatic rings. The third kappa shape index (κ3) is 3.89. The van der Waals surface area contributed by atoms with E-state index in [4.69, 9.17) is 0 Å². The number of amides is 1. The number of H-pyrrole nitrogens is 1. The molecule has 7 heteroatoms. The highest BCUT2D eigenvalue weighted by molar-refractivity contribution is 5.84. The number of nitrogens with zero attached hydrogens (tertiary/aromatic N) is 4. The lowest BCUT2D eigenvalue weighted by atomic mass is 10.1. The van der Waals surface area contributed by atoms with Crippen molar-refractivity contribution in [3.05, 3.63) is 42.3 Å². The number of aromatic amines is 1. The Balaban J connectivity index is 1.45. The molecule has 0 spiro atoms. The number of nitrogens with one attached hydrogen (secondary N) is 1. The van der Waals surface area contributed by atoms with Crippen molar-refractivity contribution in [2.45, 2.75) is 25.7 Å². The average molecular weight is 381 g/mol. The molecule has 6 nitrogen and oxygen atoms in total. The molecule has 1 amide bonds. The SMILES string of the molecule is O=CN(CCCCN1CCCC1)c1n[nH]c(-c2cnc3ccccc3c2)c1F. The van der Waals surface area contributed by atoms with Gasteiger partial charge in [-0.1, -0.05) is 18.2 Å². The number of carbonyl (C=O) groups is 1. The zero-order valence-corrected chi connectivity index (χ0v) is 15.8. The summed E-state index contributed by atoms with van der Waals surface area (Å²) < 4.78 is 15.0. The van der Waals surface area contributed by atoms with Crippen LogP contribution in [0.2, 0.25) is 0 Å². The molecule has 3 aromatic rings. The first-order valence-corrected chi connectivity index (χ1v) is 9.79. The quantitative estimate of drug-likeness (QED) is 0.478. The summed E-state index contributed by atoms with van der Waals surface area (Å²) in [5, 5.41) is 7.71. The number of unbranched alkanes of at least 4 members (excludes halogenated alkanes) is 1. The normalized spacial score (nSPS) is 14.6. The summed E-state index contributed by atoms with van der Waals surface area (Å²) in [4.78, 5) is 19.7. The van der Waals surface area contributed by atoms with Crippen LogP contribution < -0.4 is 4.90 Å². The van der Waals surface area contributed by atoms with Crippen LogP contribution in [-0.4, -0.2) is 52.7 Å². The molecule has 28 heavy (non-hydrogen) atoms. The Morgan fingerprint density at radius 2 is 2.04 bits per heavy atom. The lowest BCUT2D eigenvalue weighted by Crippen LogP contribution is -2.25. The molecule has 1 aliphatic heterocycles. The van der Waals surface area contributed by atoms with Gasteiger partial charge in [0.25, 0.3) is 0 Å². The molecule has 3 heterocycles. The molecule has 2 aromatic heterocycles. The van der Waals surface area contributed by atoms with Crippen LogP contribution in [0, 0.1) is 5.82 Å². The molecular weight excluding hydrogens is 357 g/mol. The fourth-order valence-corrected chi connectivity index (χ4v) is 3.74. The Bertz CT molecular complexity index is 951. The molecule has 4 rings (SSSR count). The first kappa shape index (κ1) is 18.6. The van der Waals surface area contributed by atoms with Gasteiger partial charge in [-0.05, 0) is 57.5 Å². The van der Waals surface area contributed by atoms with Crippen LogP contribution in [0.15, 0.2) is 36.5 Å². The van der Waals surface area contributed by atoms with E-state index in [1.165, 1.54) is 17.7 Å². The summed E-state index contributed by atoms with van der Waals surface area (Å²) in [6, 6.07) is 9.53. The summed E-state index contributed by atoms with van der Waals surface area (Å²) in [5.74, 6) is -0.483. The molecule has 0 saturated carbocycles. The van der Waals surface area contributed by atoms with Gasteiger partial charge >= 0.3 is 0 Å². The first-order valence-electron chi connectivity index (χ1n) is 9.79. The number of aromatic nitrogens is 3. The molecule has 1 N–H and O–H groups in total. The summed E-state index contributed by atoms with van der Waals surface area (Å²) in [6.45, 7) is 3.81. The molecule has 0 radical (unpaired) electrons. The van der Waals surface area contributed by atoms with E-state index in [-0.39, 0.29) is 11.5 Å². The first-order chi connectivity index (χ1) is 13.8. The van der Waals surface area contributed by atoms with Gasteiger partial charge in [-0.15, -0.1) is 0 Å². The zero-order chi connectivity index (χ0) is 19.3. The molecule has 0 aliphatic carbocycles. The second-order valence-corrected chi connectivity index (χ2v) is 7.21. The second kappa shape index (κ2) is 8.48. The minimum absolute atomic E-state index is 0.0410. The number of carbonyl (C=O) groups excluding carboxylic acids is 1. The predicted molar refractivity (Wildman–Crippen MR) is 108 cm³/mol. The number of fused-ring (bicyclic) bond motifs is 1. The number of halogens is 1. The van der Waals surface area contributed by atoms with E-state index in [0.717, 1.165) is 43.4 Å². The highest BCUT2D eigenvalue weighted by atomic mass is 19.1. The van der Waals surface area contributed by atoms with Gasteiger partial charge < -0.3 is 4.90 Å². The summed E-state index contributed by atoms with van der Waals surface area (Å²) in [7, 11) is 0. The van der Waals surface area contributed by atoms with Crippen molar-refractivity contribution < 1.29 is 9.18 Å². The highest BCUT2D eigenvalue weighted by Crippen LogP contribution is 2.28. The van der Waals surface area contributed by atoms with Crippen molar-refractivity contribution >= 4 is 23.1 Å². The van der Waals surface area contributed by atoms with Crippen LogP contribution in [-0.2, 0) is 4.79 Å². The maximum absolute atomic E-state index is 15.0. The van der Waals surface area contributed by atoms with Crippen molar-refractivity contribution in [3.63, 3.8) is 0 Å². The minimum atomic E-state index is -0.524. The standard InChI is InChI=1S/C21H24FN5O/c22-19-20(17-13-16-7-1-2-8-18(16)23-14-17)24-25-21(19)27(15-28)12-6-5-11-26-9-3-4-10-26/h1-2,7-8,13-15H,3-6,9-12H2,(H,24,25). The number of hydrogen-bond donors (Lipinski definition) is 1. The minimum Gasteiger partial charge on any atom is -0.303 e. The maximum Gasteiger partial charge on any atom is 0.215 e. The van der Waals surface area contributed by atoms with E-state index in [9.17, 15) is 9.18 Å². The number of pyridine rings is 1. The fourth-order valence-electron chi connectivity index (χ4n) is 3.74. The molecule has 0 unspecified atom stereocenters. The molecular formula is C21H24FN5O. The monoisotopic (exact) mass is 381 g/mol. The lowest BCUT2D eigenvalue weighted by Gasteiger charge is -2.17. The van der Waals surface area contributed by atoms with Crippen LogP contribution in [0.1, 0.15) is 25.7 Å². The Kier molecular flexibility index (Phi) is 5.62. The third-order valence-corrected chi connectivity index (χ3v) is 5.29. The van der Waals surface area contributed by atoms with E-state index in [0.29, 0.717) is 18.5 Å². The Morgan fingerprint density at radius 3 is 2.86 bits per heavy atom. The van der Waals surface area contributed by atoms with E-state index >= 15 is 0 Å². The van der Waals surface area contributed by atoms with Gasteiger partial charge in [-0.2, -0.15) is 5.10 Å². The number of para-hydroxylation sites is 1. The number of benzene rings is 1. The van der Waals surface area contributed by atoms with Crippen LogP contribution >= 0.6 is 0 Å². The number of rotatable bonds is 8. The van der Waals surface area contributed by atoms with Crippen molar-refractivity contribution in [2.75, 3.05) is 31.1 Å². The van der Waals surface area contributed by atoms with Gasteiger partial charge in [0.15, 0.2) is 11.6 Å². The van der Waals surface area contributed by atoms with Crippen molar-refractivity contribution in [1.82, 2.24) is 20.1 Å². The Labute approximate surface area is 163 Å². The Morgan fingerprint density at radius 1 is 1.21 bits per heavy atom. The lowest BCUT2D eigenvalue weighted by molar-refractivity contribution is -0.107. The topological polar surface area (TPSA) is 65.1 Å². The van der Waals surface area contributed by atoms with Gasteiger partial charge in [-0.3, -0.25) is 19.8 Å². The number of hydrogen-bond acceptors (Lipinski definition) is 4. The summed E-state index contributed by atoms with van der Waals surface area (Å²) >= 11 is 0. The van der Waals surface area contributed by atoms with E-state index in [1.54, 1.807) is 6.20 Å². The van der Waals surface area contributed by atoms with Crippen LogP contribution in [0.3, 0.4) is 0 Å². The van der Waals surface area contributed by atoms with E-state index in [2.05, 4.69) is 20.1 Å². The van der Waals surface area contributed by atoms with Gasteiger partial charge in [0.05, 0.1) is 5.52 Å². The van der Waals surface area contributed by atoms with Gasteiger partial charge in [-0.25, -0.2) is 4.39 Å². The van der Waals surface area contributed by atoms with Gasteiger partial charge in [0.1, 0.15) is 5.69 Å². The van der Waals surface area contributed by atoms with Gasteiger partial charge in [0, 0.05) is 23.7 Å². The van der Waals surface area contributed by atoms with Crippen LogP contribution in [0.5, 0.6) is 0 Å². The molecule has 0 bridgehead atoms. The van der Waals surface area contributed by atoms with E-state index in [1.807, 2.05) is 30.3 Å². The average Bonchev–Trinajstić information content (AvgIpc) is 3.38. The molecule has 1 aromatic carbocycles. The van der Waals surface area contributed by atoms with Gasteiger partial charge in [0.2, 0.25) is 6.41 Å². The largest absolute Gasteiger partial charge is 0.303 e. The molecule has 146 valence electrons. The van der Waals surface area contributed by atoms with Crippen molar-refractivity contribution in [2.24, 2.45) is 0 Å². The molecule has 1 saturated heterocycles. The third-order valence-electron chi connectivity index (χ3n) is 5.29. The Hall–Kier alpha value is -2.80. The number of anilines is 1. The number of likely N-dealkylation sites (tertiary alicyclic amines) is 1. The summed E-state index contributed by atoms with van der Waals surface area (Å²) in [6.07, 6.45) is 6.60. The zero-order valence-electron chi connectivity index (χ0n) is 15.8. The van der Waals surface area contributed by atoms with Crippen molar-refractivity contribution in [3.8, 4) is 11.3 Å². The van der Waals surface area contributed by atoms with E-state index < -0.39 is 5.82 Å². The van der Waals surface area contributed by atoms with Crippen LogP contribution in [0.4, 0.5) is 10.2 Å². The fraction of sp³-hybridized carbons (Fsp3) is 0.381. The highest BCUT2D eigenvalue weighted by Gasteiger charge is 2.20. The predicted octanol–water partition coefficient (Wildman–Crippen LogP) is 3.60. The molecule has 1 fully saturated rings. The van der Waals surface area contributed by atoms with Crippen molar-refractivity contribution in [1.29, 1.82) is 0 Å². The summed E-state index contributed by atoms with van der Waals surface area (Å²) in [5.41, 5.74) is 1.70. The molecule has 0 atom stereocenters.